The van der Waals surface area contributed by atoms with Crippen LogP contribution in [0.2, 0.25) is 0 Å². The van der Waals surface area contributed by atoms with Crippen molar-refractivity contribution in [3.8, 4) is 0 Å². The van der Waals surface area contributed by atoms with E-state index >= 15 is 0 Å². The van der Waals surface area contributed by atoms with Gasteiger partial charge in [-0.3, -0.25) is 0 Å². The van der Waals surface area contributed by atoms with Crippen molar-refractivity contribution >= 4 is 17.4 Å². The lowest BCUT2D eigenvalue weighted by molar-refractivity contribution is 0.533. The number of aliphatic imine (C=N–C) groups is 1. The topological polar surface area (TPSA) is 15.6 Å². The molecule has 80 valence electrons. The summed E-state index contributed by atoms with van der Waals surface area (Å²) in [4.78, 5) is 6.77. The Labute approximate surface area is 95.6 Å². The zero-order valence-corrected chi connectivity index (χ0v) is 9.88. The average Bonchev–Trinajstić information content (AvgIpc) is 2.41. The summed E-state index contributed by atoms with van der Waals surface area (Å²) in [7, 11) is 2.06. The highest BCUT2D eigenvalue weighted by molar-refractivity contribution is 6.19. The molecule has 2 nitrogen and oxygen atoms in total. The lowest BCUT2D eigenvalue weighted by Gasteiger charge is -2.27. The fraction of sp³-hybridized carbons (Fsp3) is 0.417. The molecule has 0 N–H and O–H groups in total. The lowest BCUT2D eigenvalue weighted by Crippen LogP contribution is -2.30. The first-order valence-corrected chi connectivity index (χ1v) is 5.66. The molecule has 2 rings (SSSR count). The van der Waals surface area contributed by atoms with Crippen molar-refractivity contribution in [1.82, 2.24) is 4.90 Å². The summed E-state index contributed by atoms with van der Waals surface area (Å²) >= 11 is 5.95. The normalized spacial score (nSPS) is 20.9. The summed E-state index contributed by atoms with van der Waals surface area (Å²) in [5.74, 6) is 1.64. The SMILES string of the molecule is CC1=NC2=C(CN1C)C(CCl)=CC=CC2. The summed E-state index contributed by atoms with van der Waals surface area (Å²) < 4.78 is 0. The third kappa shape index (κ3) is 2.00. The number of hydrogen-bond acceptors (Lipinski definition) is 2. The zero-order valence-electron chi connectivity index (χ0n) is 9.13. The molecule has 0 aromatic heterocycles. The number of alkyl halides is 1. The molecule has 0 spiro atoms. The van der Waals surface area contributed by atoms with Gasteiger partial charge in [-0.2, -0.15) is 0 Å². The van der Waals surface area contributed by atoms with Gasteiger partial charge in [0.15, 0.2) is 0 Å². The highest BCUT2D eigenvalue weighted by Crippen LogP contribution is 2.27. The molecule has 0 aromatic carbocycles. The zero-order chi connectivity index (χ0) is 10.8. The van der Waals surface area contributed by atoms with E-state index in [4.69, 9.17) is 11.6 Å². The molecule has 2 aliphatic rings. The minimum Gasteiger partial charge on any atom is -0.359 e. The van der Waals surface area contributed by atoms with Crippen LogP contribution in [0.1, 0.15) is 13.3 Å². The Balaban J connectivity index is 2.43. The minimum atomic E-state index is 0.561. The van der Waals surface area contributed by atoms with Crippen molar-refractivity contribution in [2.75, 3.05) is 19.5 Å². The Bertz CT molecular complexity index is 388. The summed E-state index contributed by atoms with van der Waals surface area (Å²) in [5, 5.41) is 0. The maximum absolute atomic E-state index is 5.95. The van der Waals surface area contributed by atoms with Gasteiger partial charge in [0.2, 0.25) is 0 Å². The molecule has 1 heterocycles. The summed E-state index contributed by atoms with van der Waals surface area (Å²) in [6.45, 7) is 2.97. The minimum absolute atomic E-state index is 0.561. The molecular weight excluding hydrogens is 208 g/mol. The smallest absolute Gasteiger partial charge is 0.101 e. The van der Waals surface area contributed by atoms with Gasteiger partial charge in [0.25, 0.3) is 0 Å². The number of amidine groups is 1. The molecule has 0 radical (unpaired) electrons. The molecule has 0 atom stereocenters. The molecule has 0 fully saturated rings. The van der Waals surface area contributed by atoms with Crippen LogP contribution in [0.3, 0.4) is 0 Å². The molecule has 0 saturated heterocycles. The van der Waals surface area contributed by atoms with Gasteiger partial charge in [-0.25, -0.2) is 4.99 Å². The fourth-order valence-electron chi connectivity index (χ4n) is 1.84. The highest BCUT2D eigenvalue weighted by Gasteiger charge is 2.19. The largest absolute Gasteiger partial charge is 0.359 e. The Morgan fingerprint density at radius 2 is 2.33 bits per heavy atom. The Morgan fingerprint density at radius 1 is 1.53 bits per heavy atom. The summed E-state index contributed by atoms with van der Waals surface area (Å²) in [5.41, 5.74) is 3.66. The second-order valence-corrected chi connectivity index (χ2v) is 4.17. The van der Waals surface area contributed by atoms with E-state index < -0.39 is 0 Å². The molecule has 3 heteroatoms. The van der Waals surface area contributed by atoms with Gasteiger partial charge in [-0.1, -0.05) is 18.2 Å². The van der Waals surface area contributed by atoms with E-state index in [1.54, 1.807) is 0 Å². The number of halogens is 1. The van der Waals surface area contributed by atoms with E-state index in [9.17, 15) is 0 Å². The lowest BCUT2D eigenvalue weighted by atomic mass is 10.0. The third-order valence-electron chi connectivity index (χ3n) is 2.87. The van der Waals surface area contributed by atoms with Crippen molar-refractivity contribution in [2.24, 2.45) is 4.99 Å². The number of rotatable bonds is 1. The van der Waals surface area contributed by atoms with E-state index in [0.717, 1.165) is 18.8 Å². The molecule has 0 saturated carbocycles. The first kappa shape index (κ1) is 10.5. The average molecular weight is 223 g/mol. The third-order valence-corrected chi connectivity index (χ3v) is 3.16. The van der Waals surface area contributed by atoms with E-state index in [2.05, 4.69) is 35.2 Å². The van der Waals surface area contributed by atoms with E-state index in [1.807, 2.05) is 6.92 Å². The molecule has 0 amide bonds. The number of hydrogen-bond donors (Lipinski definition) is 0. The number of allylic oxidation sites excluding steroid dienone is 3. The van der Waals surface area contributed by atoms with E-state index in [1.165, 1.54) is 16.8 Å². The van der Waals surface area contributed by atoms with Crippen molar-refractivity contribution in [3.05, 3.63) is 35.1 Å². The van der Waals surface area contributed by atoms with Crippen LogP contribution in [-0.4, -0.2) is 30.2 Å². The van der Waals surface area contributed by atoms with Crippen molar-refractivity contribution < 1.29 is 0 Å². The molecule has 15 heavy (non-hydrogen) atoms. The fourth-order valence-corrected chi connectivity index (χ4v) is 2.09. The first-order chi connectivity index (χ1) is 7.22. The van der Waals surface area contributed by atoms with Crippen LogP contribution in [-0.2, 0) is 0 Å². The Hall–Kier alpha value is -1.02. The van der Waals surface area contributed by atoms with Gasteiger partial charge in [0.05, 0.1) is 5.70 Å². The molecule has 0 unspecified atom stereocenters. The van der Waals surface area contributed by atoms with Crippen LogP contribution in [0.5, 0.6) is 0 Å². The van der Waals surface area contributed by atoms with Gasteiger partial charge >= 0.3 is 0 Å². The van der Waals surface area contributed by atoms with Crippen LogP contribution < -0.4 is 0 Å². The van der Waals surface area contributed by atoms with E-state index in [0.29, 0.717) is 5.88 Å². The van der Waals surface area contributed by atoms with Crippen LogP contribution in [0, 0.1) is 0 Å². The first-order valence-electron chi connectivity index (χ1n) is 5.13. The monoisotopic (exact) mass is 222 g/mol. The molecule has 1 aliphatic carbocycles. The van der Waals surface area contributed by atoms with Crippen LogP contribution in [0.25, 0.3) is 0 Å². The van der Waals surface area contributed by atoms with E-state index in [-0.39, 0.29) is 0 Å². The predicted octanol–water partition coefficient (Wildman–Crippen LogP) is 2.73. The molecular formula is C12H15ClN2. The molecule has 1 aliphatic heterocycles. The number of likely N-dealkylation sites (N-methyl/N-ethyl adjacent to an activating group) is 1. The van der Waals surface area contributed by atoms with Gasteiger partial charge in [0.1, 0.15) is 5.84 Å². The Morgan fingerprint density at radius 3 is 3.07 bits per heavy atom. The van der Waals surface area contributed by atoms with Gasteiger partial charge in [-0.15, -0.1) is 11.6 Å². The van der Waals surface area contributed by atoms with Gasteiger partial charge in [-0.05, 0) is 18.1 Å². The summed E-state index contributed by atoms with van der Waals surface area (Å²) in [6.07, 6.45) is 7.22. The van der Waals surface area contributed by atoms with Crippen molar-refractivity contribution in [2.45, 2.75) is 13.3 Å². The van der Waals surface area contributed by atoms with Crippen LogP contribution in [0.15, 0.2) is 40.1 Å². The standard InChI is InChI=1S/C12H15ClN2/c1-9-14-12-6-4-3-5-10(7-13)11(12)8-15(9)2/h3-5H,6-8H2,1-2H3. The van der Waals surface area contributed by atoms with Crippen molar-refractivity contribution in [1.29, 1.82) is 0 Å². The van der Waals surface area contributed by atoms with Crippen LogP contribution >= 0.6 is 11.6 Å². The van der Waals surface area contributed by atoms with Gasteiger partial charge in [0, 0.05) is 25.9 Å². The maximum atomic E-state index is 5.95. The van der Waals surface area contributed by atoms with Crippen LogP contribution in [0.4, 0.5) is 0 Å². The predicted molar refractivity (Wildman–Crippen MR) is 65.3 cm³/mol. The quantitative estimate of drug-likeness (QED) is 0.623. The number of nitrogens with zero attached hydrogens (tertiary/aromatic N) is 2. The highest BCUT2D eigenvalue weighted by atomic mass is 35.5. The Kier molecular flexibility index (Phi) is 2.96. The van der Waals surface area contributed by atoms with Gasteiger partial charge < -0.3 is 4.90 Å². The second kappa shape index (κ2) is 4.23. The molecule has 0 aromatic rings. The van der Waals surface area contributed by atoms with Crippen molar-refractivity contribution in [3.63, 3.8) is 0 Å². The maximum Gasteiger partial charge on any atom is 0.101 e. The second-order valence-electron chi connectivity index (χ2n) is 3.90. The molecule has 0 bridgehead atoms. The summed E-state index contributed by atoms with van der Waals surface area (Å²) in [6, 6.07) is 0.